The molecular formula is C30H27F2N5O5S. The minimum atomic E-state index is -1.25. The Morgan fingerprint density at radius 1 is 1.14 bits per heavy atom. The summed E-state index contributed by atoms with van der Waals surface area (Å²) in [5, 5.41) is 18.5. The van der Waals surface area contributed by atoms with Gasteiger partial charge in [-0.25, -0.2) is 23.5 Å². The Morgan fingerprint density at radius 2 is 1.98 bits per heavy atom. The number of imidazole rings is 1. The molecule has 1 atom stereocenters. The van der Waals surface area contributed by atoms with Crippen LogP contribution in [-0.2, 0) is 17.8 Å². The smallest absolute Gasteiger partial charge is 0.335 e. The lowest BCUT2D eigenvalue weighted by molar-refractivity contribution is 0.0696. The second kappa shape index (κ2) is 11.3. The van der Waals surface area contributed by atoms with Crippen LogP contribution in [0.5, 0.6) is 11.1 Å². The van der Waals surface area contributed by atoms with Crippen molar-refractivity contribution in [3.63, 3.8) is 0 Å². The van der Waals surface area contributed by atoms with Gasteiger partial charge >= 0.3 is 5.97 Å². The first-order chi connectivity index (χ1) is 20.6. The van der Waals surface area contributed by atoms with Gasteiger partial charge in [0.25, 0.3) is 5.19 Å². The van der Waals surface area contributed by atoms with Crippen LogP contribution in [0, 0.1) is 17.0 Å². The maximum Gasteiger partial charge on any atom is 0.335 e. The second-order valence-corrected chi connectivity index (χ2v) is 11.9. The molecule has 2 aromatic carbocycles. The molecule has 6 rings (SSSR count). The van der Waals surface area contributed by atoms with Gasteiger partial charge in [0.15, 0.2) is 10.8 Å². The first-order valence-corrected chi connectivity index (χ1v) is 14.2. The fraction of sp³-hybridized carbons (Fsp3) is 0.300. The lowest BCUT2D eigenvalue weighted by Crippen LogP contribution is -2.27. The predicted molar refractivity (Wildman–Crippen MR) is 154 cm³/mol. The number of carbonyl (C=O) groups is 1. The van der Waals surface area contributed by atoms with Gasteiger partial charge in [-0.05, 0) is 29.8 Å². The van der Waals surface area contributed by atoms with Gasteiger partial charge in [0.1, 0.15) is 23.8 Å². The van der Waals surface area contributed by atoms with Crippen LogP contribution >= 0.6 is 11.3 Å². The zero-order valence-corrected chi connectivity index (χ0v) is 24.3. The SMILES string of the molecule is COc1nnc(COc2cccc(-c3ccc(Cc4nc5c(F)cc(C(=O)O)cc5n4[C@@H]4COCC4(C)C)c(F)c3)n2)s1. The van der Waals surface area contributed by atoms with Crippen molar-refractivity contribution in [2.24, 2.45) is 5.41 Å². The largest absolute Gasteiger partial charge is 0.478 e. The van der Waals surface area contributed by atoms with Crippen LogP contribution in [0.2, 0.25) is 0 Å². The van der Waals surface area contributed by atoms with Crippen LogP contribution in [0.15, 0.2) is 48.5 Å². The highest BCUT2D eigenvalue weighted by atomic mass is 32.1. The molecule has 1 fully saturated rings. The first kappa shape index (κ1) is 28.6. The van der Waals surface area contributed by atoms with Crippen molar-refractivity contribution in [2.75, 3.05) is 20.3 Å². The van der Waals surface area contributed by atoms with E-state index in [-0.39, 0.29) is 35.6 Å². The molecule has 13 heteroatoms. The third-order valence-electron chi connectivity index (χ3n) is 7.42. The van der Waals surface area contributed by atoms with Crippen molar-refractivity contribution < 1.29 is 32.9 Å². The number of pyridine rings is 1. The standard InChI is InChI=1S/C30H27F2N5O5S/c1-30(2)15-41-13-23(30)37-22-11-18(28(38)39)10-20(32)27(22)34-24(37)12-16-7-8-17(9-19(16)31)21-5-4-6-25(33-21)42-14-26-35-36-29(40-3)43-26/h4-11,23H,12-15H2,1-3H3,(H,38,39)/t23-/m1/s1. The lowest BCUT2D eigenvalue weighted by atomic mass is 9.87. The average Bonchev–Trinajstić information content (AvgIpc) is 3.69. The fourth-order valence-corrected chi connectivity index (χ4v) is 5.73. The van der Waals surface area contributed by atoms with E-state index >= 15 is 8.78 Å². The zero-order valence-electron chi connectivity index (χ0n) is 23.5. The number of aromatic carboxylic acids is 1. The van der Waals surface area contributed by atoms with Crippen molar-refractivity contribution in [1.29, 1.82) is 0 Å². The molecule has 222 valence electrons. The summed E-state index contributed by atoms with van der Waals surface area (Å²) < 4.78 is 49.0. The highest BCUT2D eigenvalue weighted by Gasteiger charge is 2.39. The van der Waals surface area contributed by atoms with Crippen LogP contribution in [0.1, 0.15) is 46.6 Å². The first-order valence-electron chi connectivity index (χ1n) is 13.4. The second-order valence-electron chi connectivity index (χ2n) is 10.8. The third-order valence-corrected chi connectivity index (χ3v) is 8.28. The van der Waals surface area contributed by atoms with Gasteiger partial charge in [-0.1, -0.05) is 48.5 Å². The molecule has 1 N–H and O–H groups in total. The van der Waals surface area contributed by atoms with E-state index in [4.69, 9.17) is 14.2 Å². The van der Waals surface area contributed by atoms with Crippen LogP contribution in [0.4, 0.5) is 8.78 Å². The monoisotopic (exact) mass is 607 g/mol. The molecule has 0 aliphatic carbocycles. The number of methoxy groups -OCH3 is 1. The highest BCUT2D eigenvalue weighted by molar-refractivity contribution is 7.13. The molecule has 10 nitrogen and oxygen atoms in total. The Labute approximate surface area is 248 Å². The number of carboxylic acid groups (broad SMARTS) is 1. The number of hydrogen-bond donors (Lipinski definition) is 1. The quantitative estimate of drug-likeness (QED) is 0.225. The van der Waals surface area contributed by atoms with E-state index in [0.717, 1.165) is 6.07 Å². The van der Waals surface area contributed by atoms with E-state index in [1.807, 2.05) is 13.8 Å². The number of ether oxygens (including phenoxy) is 3. The third kappa shape index (κ3) is 5.65. The average molecular weight is 608 g/mol. The van der Waals surface area contributed by atoms with E-state index in [1.54, 1.807) is 34.9 Å². The van der Waals surface area contributed by atoms with Gasteiger partial charge in [0.05, 0.1) is 43.1 Å². The minimum Gasteiger partial charge on any atom is -0.478 e. The summed E-state index contributed by atoms with van der Waals surface area (Å²) in [6.45, 7) is 4.99. The minimum absolute atomic E-state index is 0.0349. The molecule has 0 spiro atoms. The van der Waals surface area contributed by atoms with Crippen molar-refractivity contribution in [3.05, 3.63) is 82.1 Å². The molecule has 0 amide bonds. The van der Waals surface area contributed by atoms with E-state index < -0.39 is 17.6 Å². The van der Waals surface area contributed by atoms with Crippen LogP contribution in [0.25, 0.3) is 22.3 Å². The number of nitrogens with zero attached hydrogens (tertiary/aromatic N) is 5. The molecule has 3 aromatic heterocycles. The summed E-state index contributed by atoms with van der Waals surface area (Å²) in [5.74, 6) is -1.73. The number of carboxylic acids is 1. The topological polar surface area (TPSA) is 121 Å². The summed E-state index contributed by atoms with van der Waals surface area (Å²) >= 11 is 1.26. The summed E-state index contributed by atoms with van der Waals surface area (Å²) in [7, 11) is 1.51. The molecule has 0 bridgehead atoms. The molecule has 1 aliphatic rings. The van der Waals surface area contributed by atoms with E-state index in [1.165, 1.54) is 30.6 Å². The van der Waals surface area contributed by atoms with E-state index in [0.29, 0.717) is 57.5 Å². The maximum absolute atomic E-state index is 15.6. The van der Waals surface area contributed by atoms with Gasteiger partial charge in [-0.2, -0.15) is 0 Å². The number of aromatic nitrogens is 5. The van der Waals surface area contributed by atoms with E-state index in [9.17, 15) is 9.90 Å². The Kier molecular flexibility index (Phi) is 7.52. The van der Waals surface area contributed by atoms with E-state index in [2.05, 4.69) is 20.2 Å². The Hall–Kier alpha value is -4.49. The fourth-order valence-electron chi connectivity index (χ4n) is 5.17. The van der Waals surface area contributed by atoms with Gasteiger partial charge in [0.2, 0.25) is 5.88 Å². The lowest BCUT2D eigenvalue weighted by Gasteiger charge is -2.28. The molecule has 1 saturated heterocycles. The van der Waals surface area contributed by atoms with Crippen LogP contribution < -0.4 is 9.47 Å². The number of rotatable bonds is 9. The molecule has 0 radical (unpaired) electrons. The normalized spacial score (nSPS) is 16.1. The van der Waals surface area contributed by atoms with Crippen LogP contribution in [-0.4, -0.2) is 56.1 Å². The van der Waals surface area contributed by atoms with Crippen molar-refractivity contribution >= 4 is 28.3 Å². The molecule has 4 heterocycles. The van der Waals surface area contributed by atoms with Gasteiger partial charge in [-0.15, -0.1) is 5.10 Å². The summed E-state index contributed by atoms with van der Waals surface area (Å²) in [6, 6.07) is 12.1. The van der Waals surface area contributed by atoms with Crippen molar-refractivity contribution in [2.45, 2.75) is 32.9 Å². The van der Waals surface area contributed by atoms with Crippen LogP contribution in [0.3, 0.4) is 0 Å². The molecule has 1 aliphatic heterocycles. The number of halogens is 2. The highest BCUT2D eigenvalue weighted by Crippen LogP contribution is 2.41. The summed E-state index contributed by atoms with van der Waals surface area (Å²) in [6.07, 6.45) is 0.0527. The molecule has 0 unspecified atom stereocenters. The van der Waals surface area contributed by atoms with Crippen molar-refractivity contribution in [3.8, 4) is 22.3 Å². The Bertz CT molecular complexity index is 1840. The molecule has 5 aromatic rings. The van der Waals surface area contributed by atoms with Crippen molar-refractivity contribution in [1.82, 2.24) is 24.7 Å². The number of fused-ring (bicyclic) bond motifs is 1. The molecular weight excluding hydrogens is 580 g/mol. The number of benzene rings is 2. The Balaban J connectivity index is 1.30. The zero-order chi connectivity index (χ0) is 30.3. The maximum atomic E-state index is 15.6. The Morgan fingerprint density at radius 3 is 2.67 bits per heavy atom. The summed E-state index contributed by atoms with van der Waals surface area (Å²) in [4.78, 5) is 20.7. The summed E-state index contributed by atoms with van der Waals surface area (Å²) in [5.41, 5.74) is 1.23. The molecule has 0 saturated carbocycles. The van der Waals surface area contributed by atoms with Gasteiger partial charge in [0, 0.05) is 23.5 Å². The number of hydrogen-bond acceptors (Lipinski definition) is 9. The predicted octanol–water partition coefficient (Wildman–Crippen LogP) is 5.70. The molecule has 43 heavy (non-hydrogen) atoms. The van der Waals surface area contributed by atoms with Gasteiger partial charge < -0.3 is 23.9 Å². The van der Waals surface area contributed by atoms with Gasteiger partial charge in [-0.3, -0.25) is 0 Å².